The van der Waals surface area contributed by atoms with Crippen LogP contribution in [0.4, 0.5) is 10.5 Å². The molecule has 1 saturated heterocycles. The molecule has 0 radical (unpaired) electrons. The predicted octanol–water partition coefficient (Wildman–Crippen LogP) is 3.29. The summed E-state index contributed by atoms with van der Waals surface area (Å²) < 4.78 is 0. The Morgan fingerprint density at radius 2 is 1.68 bits per heavy atom. The van der Waals surface area contributed by atoms with E-state index >= 15 is 0 Å². The topological polar surface area (TPSA) is 70.4 Å². The summed E-state index contributed by atoms with van der Waals surface area (Å²) in [5.74, 6) is 0. The number of nitrogens with one attached hydrogen (secondary N) is 2. The van der Waals surface area contributed by atoms with Gasteiger partial charge in [0.05, 0.1) is 0 Å². The fraction of sp³-hybridized carbons (Fsp3) is 0.632. The lowest BCUT2D eigenvalue weighted by Gasteiger charge is -2.33. The summed E-state index contributed by atoms with van der Waals surface area (Å²) in [5, 5.41) is 6.31. The van der Waals surface area contributed by atoms with E-state index in [1.807, 2.05) is 18.2 Å². The van der Waals surface area contributed by atoms with Crippen LogP contribution >= 0.6 is 12.4 Å². The minimum atomic E-state index is 0. The van der Waals surface area contributed by atoms with Gasteiger partial charge in [0.15, 0.2) is 0 Å². The summed E-state index contributed by atoms with van der Waals surface area (Å²) in [4.78, 5) is 14.6. The zero-order valence-corrected chi connectivity index (χ0v) is 15.7. The highest BCUT2D eigenvalue weighted by molar-refractivity contribution is 5.85. The van der Waals surface area contributed by atoms with E-state index in [-0.39, 0.29) is 18.4 Å². The smallest absolute Gasteiger partial charge is 0.315 e. The van der Waals surface area contributed by atoms with Crippen molar-refractivity contribution in [2.45, 2.75) is 63.6 Å². The summed E-state index contributed by atoms with van der Waals surface area (Å²) >= 11 is 0. The van der Waals surface area contributed by atoms with Crippen molar-refractivity contribution in [3.05, 3.63) is 29.8 Å². The molecule has 0 bridgehead atoms. The molecule has 25 heavy (non-hydrogen) atoms. The number of rotatable bonds is 4. The van der Waals surface area contributed by atoms with Gasteiger partial charge in [0, 0.05) is 37.4 Å². The van der Waals surface area contributed by atoms with E-state index in [0.29, 0.717) is 12.1 Å². The Bertz CT molecular complexity index is 540. The first-order valence-corrected chi connectivity index (χ1v) is 9.33. The average Bonchev–Trinajstić information content (AvgIpc) is 2.57. The maximum atomic E-state index is 12.1. The van der Waals surface area contributed by atoms with Crippen LogP contribution in [0.2, 0.25) is 0 Å². The van der Waals surface area contributed by atoms with Crippen LogP contribution < -0.4 is 16.4 Å². The summed E-state index contributed by atoms with van der Waals surface area (Å²) in [6.45, 7) is 2.97. The fourth-order valence-corrected chi connectivity index (χ4v) is 3.84. The van der Waals surface area contributed by atoms with Gasteiger partial charge in [0.1, 0.15) is 0 Å². The van der Waals surface area contributed by atoms with Crippen LogP contribution in [0.15, 0.2) is 24.3 Å². The minimum absolute atomic E-state index is 0. The lowest BCUT2D eigenvalue weighted by Crippen LogP contribution is -2.50. The highest BCUT2D eigenvalue weighted by atomic mass is 35.5. The van der Waals surface area contributed by atoms with Gasteiger partial charge in [0.2, 0.25) is 0 Å². The Kier molecular flexibility index (Phi) is 7.85. The van der Waals surface area contributed by atoms with E-state index in [4.69, 9.17) is 5.73 Å². The standard InChI is InChI=1S/C19H30N4O.ClH/c20-16-6-4-5-15(13-16)14-23-11-9-18(10-12-23)22-19(24)21-17-7-2-1-3-8-17;/h4-6,13,17-18H,1-3,7-12,14,20H2,(H2,21,22,24);1H. The SMILES string of the molecule is Cl.Nc1cccc(CN2CCC(NC(=O)NC3CCCCC3)CC2)c1. The molecule has 0 atom stereocenters. The van der Waals surface area contributed by atoms with Crippen LogP contribution in [0, 0.1) is 0 Å². The molecule has 1 aliphatic heterocycles. The van der Waals surface area contributed by atoms with Gasteiger partial charge in [-0.3, -0.25) is 4.90 Å². The van der Waals surface area contributed by atoms with Gasteiger partial charge in [-0.25, -0.2) is 4.79 Å². The molecule has 1 saturated carbocycles. The van der Waals surface area contributed by atoms with Crippen molar-refractivity contribution in [2.75, 3.05) is 18.8 Å². The van der Waals surface area contributed by atoms with Crippen molar-refractivity contribution in [3.8, 4) is 0 Å². The van der Waals surface area contributed by atoms with Gasteiger partial charge < -0.3 is 16.4 Å². The molecule has 1 heterocycles. The minimum Gasteiger partial charge on any atom is -0.399 e. The van der Waals surface area contributed by atoms with E-state index < -0.39 is 0 Å². The van der Waals surface area contributed by atoms with Crippen molar-refractivity contribution in [1.29, 1.82) is 0 Å². The number of halogens is 1. The van der Waals surface area contributed by atoms with Crippen molar-refractivity contribution in [2.24, 2.45) is 0 Å². The molecular weight excluding hydrogens is 336 g/mol. The Hall–Kier alpha value is -1.46. The van der Waals surface area contributed by atoms with Crippen molar-refractivity contribution >= 4 is 24.1 Å². The number of nitrogens with zero attached hydrogens (tertiary/aromatic N) is 1. The molecule has 4 N–H and O–H groups in total. The predicted molar refractivity (Wildman–Crippen MR) is 105 cm³/mol. The lowest BCUT2D eigenvalue weighted by atomic mass is 9.96. The molecule has 140 valence electrons. The van der Waals surface area contributed by atoms with E-state index in [0.717, 1.165) is 51.0 Å². The Labute approximate surface area is 157 Å². The van der Waals surface area contributed by atoms with Gasteiger partial charge in [-0.15, -0.1) is 12.4 Å². The normalized spacial score (nSPS) is 19.8. The number of urea groups is 1. The Morgan fingerprint density at radius 3 is 2.32 bits per heavy atom. The molecule has 2 fully saturated rings. The van der Waals surface area contributed by atoms with Crippen LogP contribution in [0.25, 0.3) is 0 Å². The number of carbonyl (C=O) groups is 1. The Morgan fingerprint density at radius 1 is 1.04 bits per heavy atom. The summed E-state index contributed by atoms with van der Waals surface area (Å²) in [6, 6.07) is 8.80. The largest absolute Gasteiger partial charge is 0.399 e. The van der Waals surface area contributed by atoms with E-state index in [2.05, 4.69) is 21.6 Å². The molecule has 0 unspecified atom stereocenters. The maximum absolute atomic E-state index is 12.1. The van der Waals surface area contributed by atoms with Crippen molar-refractivity contribution in [1.82, 2.24) is 15.5 Å². The van der Waals surface area contributed by atoms with E-state index in [1.54, 1.807) is 0 Å². The number of piperidine rings is 1. The van der Waals surface area contributed by atoms with Crippen LogP contribution in [0.1, 0.15) is 50.5 Å². The number of likely N-dealkylation sites (tertiary alicyclic amines) is 1. The first-order valence-electron chi connectivity index (χ1n) is 9.33. The highest BCUT2D eigenvalue weighted by Gasteiger charge is 2.22. The third-order valence-electron chi connectivity index (χ3n) is 5.22. The van der Waals surface area contributed by atoms with Gasteiger partial charge in [-0.2, -0.15) is 0 Å². The van der Waals surface area contributed by atoms with E-state index in [1.165, 1.54) is 24.8 Å². The molecule has 1 aromatic carbocycles. The van der Waals surface area contributed by atoms with E-state index in [9.17, 15) is 4.79 Å². The second-order valence-electron chi connectivity index (χ2n) is 7.25. The highest BCUT2D eigenvalue weighted by Crippen LogP contribution is 2.18. The summed E-state index contributed by atoms with van der Waals surface area (Å²) in [6.07, 6.45) is 8.09. The molecule has 1 aliphatic carbocycles. The molecule has 0 aromatic heterocycles. The number of anilines is 1. The third-order valence-corrected chi connectivity index (χ3v) is 5.22. The first kappa shape index (κ1) is 19.9. The van der Waals surface area contributed by atoms with Gasteiger partial charge >= 0.3 is 6.03 Å². The quantitative estimate of drug-likeness (QED) is 0.716. The molecule has 2 aliphatic rings. The van der Waals surface area contributed by atoms with Crippen molar-refractivity contribution in [3.63, 3.8) is 0 Å². The molecule has 6 heteroatoms. The monoisotopic (exact) mass is 366 g/mol. The van der Waals surface area contributed by atoms with Crippen LogP contribution in [0.5, 0.6) is 0 Å². The van der Waals surface area contributed by atoms with Gasteiger partial charge in [0.25, 0.3) is 0 Å². The molecule has 1 aromatic rings. The number of benzene rings is 1. The molecular formula is C19H31ClN4O. The number of hydrogen-bond donors (Lipinski definition) is 3. The zero-order chi connectivity index (χ0) is 16.8. The first-order chi connectivity index (χ1) is 11.7. The molecule has 2 amide bonds. The molecule has 5 nitrogen and oxygen atoms in total. The molecule has 3 rings (SSSR count). The number of carbonyl (C=O) groups excluding carboxylic acids is 1. The summed E-state index contributed by atoms with van der Waals surface area (Å²) in [5.41, 5.74) is 7.93. The van der Waals surface area contributed by atoms with Crippen LogP contribution in [-0.4, -0.2) is 36.1 Å². The van der Waals surface area contributed by atoms with Crippen LogP contribution in [0.3, 0.4) is 0 Å². The van der Waals surface area contributed by atoms with Crippen molar-refractivity contribution < 1.29 is 4.79 Å². The second-order valence-corrected chi connectivity index (χ2v) is 7.25. The average molecular weight is 367 g/mol. The number of nitrogen functional groups attached to an aromatic ring is 1. The van der Waals surface area contributed by atoms with Gasteiger partial charge in [-0.05, 0) is 43.4 Å². The summed E-state index contributed by atoms with van der Waals surface area (Å²) in [7, 11) is 0. The third kappa shape index (κ3) is 6.40. The number of amides is 2. The second kappa shape index (κ2) is 9.88. The number of nitrogens with two attached hydrogens (primary N) is 1. The number of hydrogen-bond acceptors (Lipinski definition) is 3. The molecule has 0 spiro atoms. The lowest BCUT2D eigenvalue weighted by molar-refractivity contribution is 0.184. The maximum Gasteiger partial charge on any atom is 0.315 e. The Balaban J connectivity index is 0.00000225. The zero-order valence-electron chi connectivity index (χ0n) is 14.9. The van der Waals surface area contributed by atoms with Crippen LogP contribution in [-0.2, 0) is 6.54 Å². The fourth-order valence-electron chi connectivity index (χ4n) is 3.84. The van der Waals surface area contributed by atoms with Gasteiger partial charge in [-0.1, -0.05) is 31.4 Å².